The van der Waals surface area contributed by atoms with Crippen molar-refractivity contribution in [2.24, 2.45) is 0 Å². The van der Waals surface area contributed by atoms with E-state index in [4.69, 9.17) is 14.2 Å². The Morgan fingerprint density at radius 3 is 2.44 bits per heavy atom. The Bertz CT molecular complexity index is 361. The van der Waals surface area contributed by atoms with E-state index in [-0.39, 0.29) is 6.10 Å². The highest BCUT2D eigenvalue weighted by Gasteiger charge is 2.10. The zero-order valence-electron chi connectivity index (χ0n) is 11.5. The maximum absolute atomic E-state index is 9.66. The average molecular weight is 254 g/mol. The fraction of sp³-hybridized carbons (Fsp3) is 0.571. The van der Waals surface area contributed by atoms with Crippen molar-refractivity contribution < 1.29 is 19.3 Å². The Morgan fingerprint density at radius 1 is 1.17 bits per heavy atom. The molecule has 1 unspecified atom stereocenters. The van der Waals surface area contributed by atoms with E-state index in [1.54, 1.807) is 26.2 Å². The molecule has 1 atom stereocenters. The van der Waals surface area contributed by atoms with Crippen LogP contribution in [0.2, 0.25) is 0 Å². The standard InChI is InChI=1S/C14H22O4/c1-10(2)17-7-8-18-14-9-12(16-4)5-6-13(14)11(3)15/h5-6,9-11,15H,7-8H2,1-4H3. The lowest BCUT2D eigenvalue weighted by molar-refractivity contribution is 0.0543. The highest BCUT2D eigenvalue weighted by Crippen LogP contribution is 2.29. The van der Waals surface area contributed by atoms with Gasteiger partial charge in [-0.3, -0.25) is 0 Å². The van der Waals surface area contributed by atoms with Gasteiger partial charge in [0.1, 0.15) is 18.1 Å². The summed E-state index contributed by atoms with van der Waals surface area (Å²) in [6.07, 6.45) is -0.382. The zero-order chi connectivity index (χ0) is 13.5. The van der Waals surface area contributed by atoms with Crippen LogP contribution < -0.4 is 9.47 Å². The molecule has 4 nitrogen and oxygen atoms in total. The fourth-order valence-corrected chi connectivity index (χ4v) is 1.55. The number of methoxy groups -OCH3 is 1. The van der Waals surface area contributed by atoms with Crippen molar-refractivity contribution in [3.63, 3.8) is 0 Å². The average Bonchev–Trinajstić information content (AvgIpc) is 2.33. The predicted octanol–water partition coefficient (Wildman–Crippen LogP) is 2.55. The second kappa shape index (κ2) is 7.24. The second-order valence-electron chi connectivity index (χ2n) is 4.35. The first-order valence-corrected chi connectivity index (χ1v) is 6.15. The number of hydrogen-bond donors (Lipinski definition) is 1. The summed E-state index contributed by atoms with van der Waals surface area (Å²) in [5.41, 5.74) is 0.750. The molecule has 0 aliphatic carbocycles. The van der Waals surface area contributed by atoms with Crippen LogP contribution in [0.25, 0.3) is 0 Å². The molecule has 0 radical (unpaired) electrons. The molecule has 0 saturated carbocycles. The fourth-order valence-electron chi connectivity index (χ4n) is 1.55. The van der Waals surface area contributed by atoms with E-state index in [2.05, 4.69) is 0 Å². The Hall–Kier alpha value is -1.26. The van der Waals surface area contributed by atoms with Crippen LogP contribution in [0, 0.1) is 0 Å². The lowest BCUT2D eigenvalue weighted by Gasteiger charge is -2.15. The van der Waals surface area contributed by atoms with E-state index in [0.29, 0.717) is 24.7 Å². The molecule has 1 aromatic carbocycles. The number of benzene rings is 1. The zero-order valence-corrected chi connectivity index (χ0v) is 11.5. The van der Waals surface area contributed by atoms with Gasteiger partial charge in [0.25, 0.3) is 0 Å². The molecule has 0 amide bonds. The quantitative estimate of drug-likeness (QED) is 0.760. The molecule has 0 bridgehead atoms. The molecule has 4 heteroatoms. The largest absolute Gasteiger partial charge is 0.497 e. The number of aliphatic hydroxyl groups is 1. The summed E-state index contributed by atoms with van der Waals surface area (Å²) in [5.74, 6) is 1.34. The minimum absolute atomic E-state index is 0.190. The monoisotopic (exact) mass is 254 g/mol. The van der Waals surface area contributed by atoms with Crippen LogP contribution in [-0.4, -0.2) is 31.5 Å². The number of rotatable bonds is 7. The van der Waals surface area contributed by atoms with Crippen molar-refractivity contribution >= 4 is 0 Å². The van der Waals surface area contributed by atoms with Crippen LogP contribution in [0.4, 0.5) is 0 Å². The summed E-state index contributed by atoms with van der Waals surface area (Å²) in [6.45, 7) is 6.64. The van der Waals surface area contributed by atoms with Gasteiger partial charge in [-0.05, 0) is 32.9 Å². The van der Waals surface area contributed by atoms with Crippen molar-refractivity contribution in [2.45, 2.75) is 33.0 Å². The van der Waals surface area contributed by atoms with Crippen LogP contribution in [0.1, 0.15) is 32.4 Å². The van der Waals surface area contributed by atoms with E-state index in [0.717, 1.165) is 5.56 Å². The first-order chi connectivity index (χ1) is 8.54. The van der Waals surface area contributed by atoms with Crippen molar-refractivity contribution in [3.05, 3.63) is 23.8 Å². The molecule has 1 aromatic rings. The van der Waals surface area contributed by atoms with Gasteiger partial charge in [0.15, 0.2) is 0 Å². The predicted molar refractivity (Wildman–Crippen MR) is 70.2 cm³/mol. The van der Waals surface area contributed by atoms with Gasteiger partial charge in [-0.25, -0.2) is 0 Å². The summed E-state index contributed by atoms with van der Waals surface area (Å²) in [4.78, 5) is 0. The Labute approximate surface area is 108 Å². The summed E-state index contributed by atoms with van der Waals surface area (Å²) in [5, 5.41) is 9.66. The van der Waals surface area contributed by atoms with Gasteiger partial charge < -0.3 is 19.3 Å². The molecule has 0 aliphatic rings. The van der Waals surface area contributed by atoms with E-state index in [1.165, 1.54) is 0 Å². The van der Waals surface area contributed by atoms with Crippen molar-refractivity contribution in [2.75, 3.05) is 20.3 Å². The molecule has 1 N–H and O–H groups in total. The summed E-state index contributed by atoms with van der Waals surface area (Å²) in [6, 6.07) is 5.39. The second-order valence-corrected chi connectivity index (χ2v) is 4.35. The molecule has 1 rings (SSSR count). The molecule has 0 aliphatic heterocycles. The Balaban J connectivity index is 2.66. The van der Waals surface area contributed by atoms with Crippen molar-refractivity contribution in [1.82, 2.24) is 0 Å². The third-order valence-corrected chi connectivity index (χ3v) is 2.46. The third-order valence-electron chi connectivity index (χ3n) is 2.46. The van der Waals surface area contributed by atoms with Gasteiger partial charge in [-0.2, -0.15) is 0 Å². The van der Waals surface area contributed by atoms with Gasteiger partial charge in [0, 0.05) is 11.6 Å². The normalized spacial score (nSPS) is 12.6. The maximum Gasteiger partial charge on any atom is 0.128 e. The van der Waals surface area contributed by atoms with Gasteiger partial charge >= 0.3 is 0 Å². The number of aliphatic hydroxyl groups excluding tert-OH is 1. The van der Waals surface area contributed by atoms with Crippen LogP contribution in [0.3, 0.4) is 0 Å². The SMILES string of the molecule is COc1ccc(C(C)O)c(OCCOC(C)C)c1. The van der Waals surface area contributed by atoms with Gasteiger partial charge in [0.05, 0.1) is 25.9 Å². The molecule has 0 aromatic heterocycles. The van der Waals surface area contributed by atoms with Crippen molar-refractivity contribution in [1.29, 1.82) is 0 Å². The molecule has 18 heavy (non-hydrogen) atoms. The van der Waals surface area contributed by atoms with Gasteiger partial charge in [0.2, 0.25) is 0 Å². The number of ether oxygens (including phenoxy) is 3. The summed E-state index contributed by atoms with van der Waals surface area (Å²) in [7, 11) is 1.60. The molecule has 0 saturated heterocycles. The first kappa shape index (κ1) is 14.8. The molecular formula is C14H22O4. The molecular weight excluding hydrogens is 232 g/mol. The van der Waals surface area contributed by atoms with Crippen LogP contribution in [0.5, 0.6) is 11.5 Å². The molecule has 0 heterocycles. The first-order valence-electron chi connectivity index (χ1n) is 6.15. The third kappa shape index (κ3) is 4.55. The molecule has 0 spiro atoms. The minimum atomic E-state index is -0.572. The van der Waals surface area contributed by atoms with E-state index < -0.39 is 6.10 Å². The topological polar surface area (TPSA) is 47.9 Å². The minimum Gasteiger partial charge on any atom is -0.497 e. The highest BCUT2D eigenvalue weighted by molar-refractivity contribution is 5.41. The Morgan fingerprint density at radius 2 is 1.89 bits per heavy atom. The van der Waals surface area contributed by atoms with Gasteiger partial charge in [-0.1, -0.05) is 0 Å². The lowest BCUT2D eigenvalue weighted by atomic mass is 10.1. The summed E-state index contributed by atoms with van der Waals surface area (Å²) < 4.78 is 16.2. The van der Waals surface area contributed by atoms with E-state index in [9.17, 15) is 5.11 Å². The van der Waals surface area contributed by atoms with Crippen molar-refractivity contribution in [3.8, 4) is 11.5 Å². The summed E-state index contributed by atoms with van der Waals surface area (Å²) >= 11 is 0. The lowest BCUT2D eigenvalue weighted by Crippen LogP contribution is -2.12. The van der Waals surface area contributed by atoms with Crippen LogP contribution in [0.15, 0.2) is 18.2 Å². The molecule has 102 valence electrons. The van der Waals surface area contributed by atoms with Crippen LogP contribution >= 0.6 is 0 Å². The highest BCUT2D eigenvalue weighted by atomic mass is 16.5. The number of hydrogen-bond acceptors (Lipinski definition) is 4. The smallest absolute Gasteiger partial charge is 0.128 e. The van der Waals surface area contributed by atoms with Gasteiger partial charge in [-0.15, -0.1) is 0 Å². The van der Waals surface area contributed by atoms with E-state index in [1.807, 2.05) is 19.9 Å². The molecule has 0 fully saturated rings. The maximum atomic E-state index is 9.66. The Kier molecular flexibility index (Phi) is 5.95. The van der Waals surface area contributed by atoms with Crippen LogP contribution in [-0.2, 0) is 4.74 Å². The van der Waals surface area contributed by atoms with E-state index >= 15 is 0 Å².